The van der Waals surface area contributed by atoms with Crippen molar-refractivity contribution in [3.05, 3.63) is 84.3 Å². The van der Waals surface area contributed by atoms with Crippen molar-refractivity contribution < 1.29 is 22.4 Å². The molecule has 0 bridgehead atoms. The summed E-state index contributed by atoms with van der Waals surface area (Å²) in [4.78, 5) is 25.8. The Labute approximate surface area is 187 Å². The Morgan fingerprint density at radius 2 is 1.66 bits per heavy atom. The number of amides is 2. The molecule has 0 aliphatic rings. The van der Waals surface area contributed by atoms with E-state index in [0.717, 1.165) is 5.56 Å². The van der Waals surface area contributed by atoms with Crippen molar-refractivity contribution in [2.45, 2.75) is 37.9 Å². The first-order valence-electron chi connectivity index (χ1n) is 9.99. The Balaban J connectivity index is 1.74. The highest BCUT2D eigenvalue weighted by Crippen LogP contribution is 2.16. The highest BCUT2D eigenvalue weighted by Gasteiger charge is 2.26. The fraction of sp³-hybridized carbons (Fsp3) is 0.217. The summed E-state index contributed by atoms with van der Waals surface area (Å²) in [6.45, 7) is 3.38. The van der Waals surface area contributed by atoms with E-state index in [1.807, 2.05) is 30.3 Å². The minimum atomic E-state index is -3.95. The summed E-state index contributed by atoms with van der Waals surface area (Å²) in [5, 5.41) is 2.58. The molecule has 32 heavy (non-hydrogen) atoms. The number of hydrogen-bond donors (Lipinski definition) is 2. The lowest BCUT2D eigenvalue weighted by atomic mass is 10.2. The third-order valence-corrected chi connectivity index (χ3v) is 6.20. The van der Waals surface area contributed by atoms with Crippen LogP contribution in [-0.2, 0) is 32.7 Å². The van der Waals surface area contributed by atoms with Gasteiger partial charge in [-0.1, -0.05) is 30.3 Å². The van der Waals surface area contributed by atoms with Gasteiger partial charge in [0.25, 0.3) is 0 Å². The molecule has 3 rings (SSSR count). The number of rotatable bonds is 9. The third kappa shape index (κ3) is 6.29. The standard InChI is InChI=1S/C23H25N3O5S/c1-17(25-32(29,30)22-12-10-20(11-13-22)24-18(2)27)23(28)26(16-21-9-6-14-31-21)15-19-7-4-3-5-8-19/h3-14,17,25H,15-16H2,1-2H3,(H,24,27)/t17-/m0/s1. The van der Waals surface area contributed by atoms with Crippen LogP contribution in [0.25, 0.3) is 0 Å². The van der Waals surface area contributed by atoms with Crippen molar-refractivity contribution >= 4 is 27.5 Å². The minimum Gasteiger partial charge on any atom is -0.467 e. The quantitative estimate of drug-likeness (QED) is 0.515. The second-order valence-corrected chi connectivity index (χ2v) is 9.02. The maximum Gasteiger partial charge on any atom is 0.241 e. The smallest absolute Gasteiger partial charge is 0.241 e. The van der Waals surface area contributed by atoms with E-state index in [9.17, 15) is 18.0 Å². The number of nitrogens with zero attached hydrogens (tertiary/aromatic N) is 1. The van der Waals surface area contributed by atoms with Crippen LogP contribution in [0.4, 0.5) is 5.69 Å². The molecule has 0 unspecified atom stereocenters. The molecule has 0 aliphatic heterocycles. The molecule has 0 saturated carbocycles. The molecule has 2 amide bonds. The van der Waals surface area contributed by atoms with E-state index in [-0.39, 0.29) is 23.3 Å². The van der Waals surface area contributed by atoms with E-state index in [4.69, 9.17) is 4.42 Å². The van der Waals surface area contributed by atoms with Gasteiger partial charge < -0.3 is 14.6 Å². The number of carbonyl (C=O) groups excluding carboxylic acids is 2. The second-order valence-electron chi connectivity index (χ2n) is 7.31. The highest BCUT2D eigenvalue weighted by atomic mass is 32.2. The summed E-state index contributed by atoms with van der Waals surface area (Å²) >= 11 is 0. The summed E-state index contributed by atoms with van der Waals surface area (Å²) in [7, 11) is -3.95. The molecule has 0 radical (unpaired) electrons. The summed E-state index contributed by atoms with van der Waals surface area (Å²) in [5.74, 6) is -0.0467. The van der Waals surface area contributed by atoms with Gasteiger partial charge in [-0.2, -0.15) is 4.72 Å². The van der Waals surface area contributed by atoms with Crippen LogP contribution in [0.5, 0.6) is 0 Å². The Kier molecular flexibility index (Phi) is 7.45. The van der Waals surface area contributed by atoms with Crippen LogP contribution >= 0.6 is 0 Å². The molecule has 1 atom stereocenters. The molecule has 8 nitrogen and oxygen atoms in total. The Bertz CT molecular complexity index is 1140. The van der Waals surface area contributed by atoms with Crippen LogP contribution in [0.3, 0.4) is 0 Å². The lowest BCUT2D eigenvalue weighted by Crippen LogP contribution is -2.46. The molecule has 0 spiro atoms. The fourth-order valence-corrected chi connectivity index (χ4v) is 4.35. The molecule has 9 heteroatoms. The maximum absolute atomic E-state index is 13.2. The van der Waals surface area contributed by atoms with Gasteiger partial charge in [-0.05, 0) is 48.9 Å². The van der Waals surface area contributed by atoms with E-state index >= 15 is 0 Å². The summed E-state index contributed by atoms with van der Waals surface area (Å²) < 4.78 is 33.4. The van der Waals surface area contributed by atoms with Crippen molar-refractivity contribution in [2.75, 3.05) is 5.32 Å². The average molecular weight is 456 g/mol. The van der Waals surface area contributed by atoms with Crippen LogP contribution in [0.1, 0.15) is 25.2 Å². The zero-order valence-corrected chi connectivity index (χ0v) is 18.6. The molecule has 1 heterocycles. The molecule has 3 aromatic rings. The number of hydrogen-bond acceptors (Lipinski definition) is 5. The largest absolute Gasteiger partial charge is 0.467 e. The normalized spacial score (nSPS) is 12.2. The minimum absolute atomic E-state index is 0.00750. The van der Waals surface area contributed by atoms with Gasteiger partial charge in [0.1, 0.15) is 5.76 Å². The number of anilines is 1. The van der Waals surface area contributed by atoms with E-state index in [0.29, 0.717) is 18.0 Å². The van der Waals surface area contributed by atoms with Crippen molar-refractivity contribution in [3.8, 4) is 0 Å². The monoisotopic (exact) mass is 455 g/mol. The van der Waals surface area contributed by atoms with E-state index in [1.165, 1.54) is 44.4 Å². The van der Waals surface area contributed by atoms with E-state index in [2.05, 4.69) is 10.0 Å². The van der Waals surface area contributed by atoms with Gasteiger partial charge in [-0.15, -0.1) is 0 Å². The molecular weight excluding hydrogens is 430 g/mol. The summed E-state index contributed by atoms with van der Waals surface area (Å²) in [6, 6.07) is 17.6. The third-order valence-electron chi connectivity index (χ3n) is 4.64. The van der Waals surface area contributed by atoms with Gasteiger partial charge in [0.15, 0.2) is 0 Å². The van der Waals surface area contributed by atoms with Crippen LogP contribution in [0.2, 0.25) is 0 Å². The predicted molar refractivity (Wildman–Crippen MR) is 120 cm³/mol. The van der Waals surface area contributed by atoms with E-state index in [1.54, 1.807) is 17.0 Å². The molecule has 2 N–H and O–H groups in total. The number of nitrogens with one attached hydrogen (secondary N) is 2. The fourth-order valence-electron chi connectivity index (χ4n) is 3.15. The van der Waals surface area contributed by atoms with Crippen molar-refractivity contribution in [2.24, 2.45) is 0 Å². The van der Waals surface area contributed by atoms with Crippen LogP contribution < -0.4 is 10.0 Å². The lowest BCUT2D eigenvalue weighted by Gasteiger charge is -2.25. The summed E-state index contributed by atoms with van der Waals surface area (Å²) in [6.07, 6.45) is 1.53. The number of carbonyl (C=O) groups is 2. The van der Waals surface area contributed by atoms with Crippen LogP contribution in [-0.4, -0.2) is 31.2 Å². The molecular formula is C23H25N3O5S. The summed E-state index contributed by atoms with van der Waals surface area (Å²) in [5.41, 5.74) is 1.39. The average Bonchev–Trinajstić information content (AvgIpc) is 3.26. The SMILES string of the molecule is CC(=O)Nc1ccc(S(=O)(=O)N[C@@H](C)C(=O)N(Cc2ccccc2)Cc2ccco2)cc1. The number of benzene rings is 2. The Morgan fingerprint density at radius 3 is 2.25 bits per heavy atom. The number of furan rings is 1. The topological polar surface area (TPSA) is 109 Å². The van der Waals surface area contributed by atoms with Crippen molar-refractivity contribution in [1.29, 1.82) is 0 Å². The van der Waals surface area contributed by atoms with E-state index < -0.39 is 16.1 Å². The zero-order chi connectivity index (χ0) is 23.1. The molecule has 0 saturated heterocycles. The zero-order valence-electron chi connectivity index (χ0n) is 17.8. The molecule has 2 aromatic carbocycles. The molecule has 0 aliphatic carbocycles. The lowest BCUT2D eigenvalue weighted by molar-refractivity contribution is -0.134. The Morgan fingerprint density at radius 1 is 0.969 bits per heavy atom. The van der Waals surface area contributed by atoms with Gasteiger partial charge in [0.05, 0.1) is 23.7 Å². The van der Waals surface area contributed by atoms with Crippen molar-refractivity contribution in [3.63, 3.8) is 0 Å². The first-order chi connectivity index (χ1) is 15.2. The van der Waals surface area contributed by atoms with Crippen LogP contribution in [0, 0.1) is 0 Å². The molecule has 168 valence electrons. The van der Waals surface area contributed by atoms with Gasteiger partial charge in [-0.3, -0.25) is 9.59 Å². The maximum atomic E-state index is 13.2. The molecule has 0 fully saturated rings. The molecule has 1 aromatic heterocycles. The van der Waals surface area contributed by atoms with Crippen LogP contribution in [0.15, 0.2) is 82.3 Å². The van der Waals surface area contributed by atoms with Gasteiger partial charge in [0.2, 0.25) is 21.8 Å². The second kappa shape index (κ2) is 10.3. The number of sulfonamides is 1. The van der Waals surface area contributed by atoms with Crippen molar-refractivity contribution in [1.82, 2.24) is 9.62 Å². The van der Waals surface area contributed by atoms with Gasteiger partial charge >= 0.3 is 0 Å². The first-order valence-corrected chi connectivity index (χ1v) is 11.5. The Hall–Kier alpha value is -3.43. The first kappa shape index (κ1) is 23.2. The van der Waals surface area contributed by atoms with Gasteiger partial charge in [0, 0.05) is 19.2 Å². The highest BCUT2D eigenvalue weighted by molar-refractivity contribution is 7.89. The van der Waals surface area contributed by atoms with Gasteiger partial charge in [-0.25, -0.2) is 8.42 Å². The predicted octanol–water partition coefficient (Wildman–Crippen LogP) is 3.13.